The van der Waals surface area contributed by atoms with Crippen molar-refractivity contribution >= 4 is 5.97 Å². The molecule has 1 heterocycles. The molecular weight excluding hydrogens is 166 g/mol. The Morgan fingerprint density at radius 1 is 1.69 bits per heavy atom. The monoisotopic (exact) mass is 179 g/mol. The number of hydrogen-bond donors (Lipinski definition) is 2. The summed E-state index contributed by atoms with van der Waals surface area (Å²) >= 11 is 0. The van der Waals surface area contributed by atoms with E-state index in [1.807, 2.05) is 0 Å². The first kappa shape index (κ1) is 8.35. The van der Waals surface area contributed by atoms with Crippen molar-refractivity contribution in [2.45, 2.75) is 26.2 Å². The summed E-state index contributed by atoms with van der Waals surface area (Å²) in [5.41, 5.74) is 2.66. The van der Waals surface area contributed by atoms with Gasteiger partial charge in [-0.3, -0.25) is 0 Å². The van der Waals surface area contributed by atoms with Crippen molar-refractivity contribution in [3.8, 4) is 0 Å². The molecule has 0 aliphatic heterocycles. The zero-order valence-corrected chi connectivity index (χ0v) is 7.63. The van der Waals surface area contributed by atoms with Crippen LogP contribution in [0.3, 0.4) is 0 Å². The number of carboxylic acids is 1. The number of carboxylic acid groups (broad SMARTS) is 1. The molecule has 0 fully saturated rings. The van der Waals surface area contributed by atoms with Gasteiger partial charge in [0.05, 0.1) is 0 Å². The Kier molecular flexibility index (Phi) is 1.87. The fourth-order valence-corrected chi connectivity index (χ4v) is 1.98. The number of hydrogen-bond acceptors (Lipinski definition) is 1. The number of carbonyl (C=O) groups is 1. The van der Waals surface area contributed by atoms with Crippen LogP contribution in [0.5, 0.6) is 0 Å². The van der Waals surface area contributed by atoms with Crippen molar-refractivity contribution in [2.75, 3.05) is 0 Å². The molecule has 2 N–H and O–H groups in total. The molecule has 1 aliphatic rings. The smallest absolute Gasteiger partial charge is 0.352 e. The van der Waals surface area contributed by atoms with Gasteiger partial charge in [0, 0.05) is 5.69 Å². The van der Waals surface area contributed by atoms with Crippen LogP contribution in [-0.2, 0) is 12.8 Å². The second kappa shape index (κ2) is 2.91. The molecule has 1 aliphatic carbocycles. The molecule has 0 saturated carbocycles. The van der Waals surface area contributed by atoms with E-state index in [1.54, 1.807) is 6.07 Å². The minimum atomic E-state index is -0.859. The Morgan fingerprint density at radius 3 is 3.00 bits per heavy atom. The Balaban J connectivity index is 2.23. The molecule has 0 radical (unpaired) electrons. The van der Waals surface area contributed by atoms with Gasteiger partial charge in [-0.05, 0) is 30.4 Å². The molecule has 0 aromatic carbocycles. The largest absolute Gasteiger partial charge is 0.477 e. The van der Waals surface area contributed by atoms with Crippen LogP contribution in [0.2, 0.25) is 0 Å². The molecule has 0 bridgehead atoms. The van der Waals surface area contributed by atoms with Crippen LogP contribution in [0.25, 0.3) is 0 Å². The van der Waals surface area contributed by atoms with Crippen molar-refractivity contribution in [1.82, 2.24) is 4.98 Å². The van der Waals surface area contributed by atoms with Gasteiger partial charge in [0.25, 0.3) is 0 Å². The van der Waals surface area contributed by atoms with Crippen molar-refractivity contribution in [3.05, 3.63) is 23.0 Å². The molecule has 1 aromatic heterocycles. The van der Waals surface area contributed by atoms with Gasteiger partial charge in [0.1, 0.15) is 5.69 Å². The van der Waals surface area contributed by atoms with Gasteiger partial charge in [-0.25, -0.2) is 4.79 Å². The first-order chi connectivity index (χ1) is 6.20. The number of fused-ring (bicyclic) bond motifs is 1. The number of rotatable bonds is 2. The number of nitrogens with one attached hydrogen (secondary N) is 1. The molecule has 1 atom stereocenters. The lowest BCUT2D eigenvalue weighted by molar-refractivity contribution is 0.0691. The van der Waals surface area contributed by atoms with E-state index in [-0.39, 0.29) is 0 Å². The predicted molar refractivity (Wildman–Crippen MR) is 48.9 cm³/mol. The number of H-pyrrole nitrogens is 1. The molecule has 0 spiro atoms. The summed E-state index contributed by atoms with van der Waals surface area (Å²) in [6, 6.07) is 1.77. The second-order valence-corrected chi connectivity index (χ2v) is 3.67. The van der Waals surface area contributed by atoms with Crippen LogP contribution in [0.15, 0.2) is 6.07 Å². The van der Waals surface area contributed by atoms with Gasteiger partial charge in [-0.1, -0.05) is 13.3 Å². The first-order valence-corrected chi connectivity index (χ1v) is 4.64. The van der Waals surface area contributed by atoms with Gasteiger partial charge < -0.3 is 10.1 Å². The van der Waals surface area contributed by atoms with Crippen LogP contribution in [0, 0.1) is 5.92 Å². The topological polar surface area (TPSA) is 53.1 Å². The summed E-state index contributed by atoms with van der Waals surface area (Å²) in [5, 5.41) is 8.73. The van der Waals surface area contributed by atoms with Crippen LogP contribution in [-0.4, -0.2) is 16.1 Å². The summed E-state index contributed by atoms with van der Waals surface area (Å²) in [5.74, 6) is -0.147. The lowest BCUT2D eigenvalue weighted by Crippen LogP contribution is -2.01. The van der Waals surface area contributed by atoms with Gasteiger partial charge in [-0.2, -0.15) is 0 Å². The van der Waals surface area contributed by atoms with Crippen LogP contribution >= 0.6 is 0 Å². The molecule has 0 saturated heterocycles. The highest BCUT2D eigenvalue weighted by Gasteiger charge is 2.23. The maximum Gasteiger partial charge on any atom is 0.352 e. The lowest BCUT2D eigenvalue weighted by Gasteiger charge is -2.02. The quantitative estimate of drug-likeness (QED) is 0.727. The van der Waals surface area contributed by atoms with E-state index < -0.39 is 5.97 Å². The van der Waals surface area contributed by atoms with Crippen molar-refractivity contribution in [2.24, 2.45) is 5.92 Å². The minimum absolute atomic E-state index is 0.333. The highest BCUT2D eigenvalue weighted by Crippen LogP contribution is 2.28. The number of aromatic carboxylic acids is 1. The summed E-state index contributed by atoms with van der Waals surface area (Å²) < 4.78 is 0. The Bertz CT molecular complexity index is 317. The Morgan fingerprint density at radius 2 is 2.46 bits per heavy atom. The second-order valence-electron chi connectivity index (χ2n) is 3.67. The van der Waals surface area contributed by atoms with E-state index in [4.69, 9.17) is 5.11 Å². The lowest BCUT2D eigenvalue weighted by atomic mass is 10.0. The van der Waals surface area contributed by atoms with Gasteiger partial charge in [-0.15, -0.1) is 0 Å². The van der Waals surface area contributed by atoms with Crippen LogP contribution in [0.4, 0.5) is 0 Å². The number of aromatic amines is 1. The highest BCUT2D eigenvalue weighted by atomic mass is 16.4. The fourth-order valence-electron chi connectivity index (χ4n) is 1.98. The molecule has 1 unspecified atom stereocenters. The third-order valence-electron chi connectivity index (χ3n) is 2.80. The average molecular weight is 179 g/mol. The van der Waals surface area contributed by atoms with Gasteiger partial charge in [0.2, 0.25) is 0 Å². The fraction of sp³-hybridized carbons (Fsp3) is 0.500. The molecule has 2 rings (SSSR count). The molecule has 3 nitrogen and oxygen atoms in total. The summed E-state index contributed by atoms with van der Waals surface area (Å²) in [6.07, 6.45) is 3.22. The maximum atomic E-state index is 10.6. The van der Waals surface area contributed by atoms with Crippen molar-refractivity contribution < 1.29 is 9.90 Å². The Labute approximate surface area is 76.8 Å². The summed E-state index contributed by atoms with van der Waals surface area (Å²) in [4.78, 5) is 13.6. The zero-order chi connectivity index (χ0) is 9.42. The van der Waals surface area contributed by atoms with E-state index >= 15 is 0 Å². The maximum absolute atomic E-state index is 10.6. The molecule has 3 heteroatoms. The number of aromatic nitrogens is 1. The standard InChI is InChI=1S/C10H13NO2/c1-2-6-3-7-5-9(10(12)13)11-8(7)4-6/h5-6,11H,2-4H2,1H3,(H,12,13). The third kappa shape index (κ3) is 1.34. The predicted octanol–water partition coefficient (Wildman–Crippen LogP) is 1.84. The first-order valence-electron chi connectivity index (χ1n) is 4.64. The van der Waals surface area contributed by atoms with Crippen molar-refractivity contribution in [1.29, 1.82) is 0 Å². The zero-order valence-electron chi connectivity index (χ0n) is 7.63. The van der Waals surface area contributed by atoms with Gasteiger partial charge in [0.15, 0.2) is 0 Å². The van der Waals surface area contributed by atoms with E-state index in [9.17, 15) is 4.79 Å². The molecular formula is C10H13NO2. The molecule has 0 amide bonds. The van der Waals surface area contributed by atoms with E-state index in [0.717, 1.165) is 18.5 Å². The van der Waals surface area contributed by atoms with Crippen LogP contribution < -0.4 is 0 Å². The molecule has 13 heavy (non-hydrogen) atoms. The summed E-state index contributed by atoms with van der Waals surface area (Å²) in [6.45, 7) is 2.18. The third-order valence-corrected chi connectivity index (χ3v) is 2.80. The molecule has 70 valence electrons. The van der Waals surface area contributed by atoms with Gasteiger partial charge >= 0.3 is 5.97 Å². The van der Waals surface area contributed by atoms with E-state index in [0.29, 0.717) is 11.6 Å². The van der Waals surface area contributed by atoms with Crippen molar-refractivity contribution in [3.63, 3.8) is 0 Å². The normalized spacial score (nSPS) is 20.2. The van der Waals surface area contributed by atoms with E-state index in [2.05, 4.69) is 11.9 Å². The SMILES string of the molecule is CCC1Cc2cc(C(=O)O)[nH]c2C1. The van der Waals surface area contributed by atoms with E-state index in [1.165, 1.54) is 12.0 Å². The Hall–Kier alpha value is -1.25. The van der Waals surface area contributed by atoms with Crippen LogP contribution in [0.1, 0.15) is 35.1 Å². The highest BCUT2D eigenvalue weighted by molar-refractivity contribution is 5.86. The summed E-state index contributed by atoms with van der Waals surface area (Å²) in [7, 11) is 0. The molecule has 1 aromatic rings. The average Bonchev–Trinajstić information content (AvgIpc) is 2.58. The minimum Gasteiger partial charge on any atom is -0.477 e.